The summed E-state index contributed by atoms with van der Waals surface area (Å²) in [6.07, 6.45) is 0.386. The molecule has 0 saturated heterocycles. The predicted molar refractivity (Wildman–Crippen MR) is 109 cm³/mol. The van der Waals surface area contributed by atoms with Crippen LogP contribution in [0, 0.1) is 34.1 Å². The fourth-order valence-corrected chi connectivity index (χ4v) is 2.80. The van der Waals surface area contributed by atoms with Crippen molar-refractivity contribution >= 4 is 17.3 Å². The number of ether oxygens (including phenoxy) is 4. The Bertz CT molecular complexity index is 1000. The van der Waals surface area contributed by atoms with Crippen molar-refractivity contribution in [1.82, 2.24) is 0 Å². The Kier molecular flexibility index (Phi) is 7.72. The standard InChI is InChI=1S/C20H22N2O9/c1-12-9-18(28-3)19(10-15(12)21(24)25)31-7-5-6-30-17-11-16(22(26)27)14(8-13(17)2)20(23)29-4/h8-11H,5-7H2,1-4H3. The highest BCUT2D eigenvalue weighted by molar-refractivity contribution is 5.94. The summed E-state index contributed by atoms with van der Waals surface area (Å²) in [6.45, 7) is 3.58. The SMILES string of the molecule is COC(=O)c1cc(C)c(OCCCOc2cc([N+](=O)[O-])c(C)cc2OC)cc1[N+](=O)[O-]. The van der Waals surface area contributed by atoms with E-state index < -0.39 is 21.5 Å². The molecule has 2 aromatic rings. The minimum atomic E-state index is -0.809. The Morgan fingerprint density at radius 1 is 0.839 bits per heavy atom. The Balaban J connectivity index is 2.03. The minimum absolute atomic E-state index is 0.0827. The summed E-state index contributed by atoms with van der Waals surface area (Å²) >= 11 is 0. The number of rotatable bonds is 10. The number of nitrogens with zero attached hydrogens (tertiary/aromatic N) is 2. The van der Waals surface area contributed by atoms with E-state index in [1.807, 2.05) is 0 Å². The van der Waals surface area contributed by atoms with E-state index in [1.165, 1.54) is 31.4 Å². The van der Waals surface area contributed by atoms with E-state index in [4.69, 9.17) is 14.2 Å². The lowest BCUT2D eigenvalue weighted by Crippen LogP contribution is -2.09. The monoisotopic (exact) mass is 434 g/mol. The molecular weight excluding hydrogens is 412 g/mol. The van der Waals surface area contributed by atoms with Crippen LogP contribution in [0.3, 0.4) is 0 Å². The van der Waals surface area contributed by atoms with Gasteiger partial charge in [-0.15, -0.1) is 0 Å². The molecule has 2 rings (SSSR count). The zero-order valence-corrected chi connectivity index (χ0v) is 17.5. The lowest BCUT2D eigenvalue weighted by atomic mass is 10.1. The number of hydrogen-bond acceptors (Lipinski definition) is 9. The Morgan fingerprint density at radius 3 is 1.97 bits per heavy atom. The van der Waals surface area contributed by atoms with Crippen molar-refractivity contribution < 1.29 is 33.6 Å². The number of methoxy groups -OCH3 is 2. The number of carbonyl (C=O) groups is 1. The van der Waals surface area contributed by atoms with E-state index in [2.05, 4.69) is 4.74 Å². The minimum Gasteiger partial charge on any atom is -0.493 e. The molecule has 0 aliphatic rings. The van der Waals surface area contributed by atoms with Crippen molar-refractivity contribution in [2.75, 3.05) is 27.4 Å². The van der Waals surface area contributed by atoms with Crippen molar-refractivity contribution in [3.63, 3.8) is 0 Å². The van der Waals surface area contributed by atoms with E-state index >= 15 is 0 Å². The van der Waals surface area contributed by atoms with Gasteiger partial charge in [0.1, 0.15) is 11.3 Å². The van der Waals surface area contributed by atoms with Crippen LogP contribution >= 0.6 is 0 Å². The lowest BCUT2D eigenvalue weighted by Gasteiger charge is -2.13. The lowest BCUT2D eigenvalue weighted by molar-refractivity contribution is -0.385. The first-order valence-electron chi connectivity index (χ1n) is 9.15. The first-order valence-corrected chi connectivity index (χ1v) is 9.15. The van der Waals surface area contributed by atoms with Crippen LogP contribution in [-0.4, -0.2) is 43.2 Å². The molecule has 0 aliphatic heterocycles. The van der Waals surface area contributed by atoms with E-state index in [1.54, 1.807) is 13.8 Å². The summed E-state index contributed by atoms with van der Waals surface area (Å²) in [5.41, 5.74) is 0.322. The third kappa shape index (κ3) is 5.59. The normalized spacial score (nSPS) is 10.3. The molecular formula is C20H22N2O9. The van der Waals surface area contributed by atoms with Gasteiger partial charge in [0.2, 0.25) is 0 Å². The van der Waals surface area contributed by atoms with Crippen molar-refractivity contribution in [1.29, 1.82) is 0 Å². The average molecular weight is 434 g/mol. The van der Waals surface area contributed by atoms with Crippen LogP contribution in [0.4, 0.5) is 11.4 Å². The van der Waals surface area contributed by atoms with Crippen molar-refractivity contribution in [3.05, 3.63) is 61.2 Å². The zero-order chi connectivity index (χ0) is 23.1. The predicted octanol–water partition coefficient (Wildman–Crippen LogP) is 3.76. The molecule has 0 unspecified atom stereocenters. The van der Waals surface area contributed by atoms with E-state index in [-0.39, 0.29) is 36.0 Å². The Hall–Kier alpha value is -3.89. The summed E-state index contributed by atoms with van der Waals surface area (Å²) < 4.78 is 21.0. The van der Waals surface area contributed by atoms with Gasteiger partial charge in [-0.2, -0.15) is 0 Å². The summed E-state index contributed by atoms with van der Waals surface area (Å²) in [6, 6.07) is 5.34. The molecule has 0 amide bonds. The summed E-state index contributed by atoms with van der Waals surface area (Å²) in [4.78, 5) is 32.9. The number of esters is 1. The molecule has 0 N–H and O–H groups in total. The van der Waals surface area contributed by atoms with Gasteiger partial charge in [0, 0.05) is 12.0 Å². The van der Waals surface area contributed by atoms with Gasteiger partial charge in [-0.3, -0.25) is 20.2 Å². The molecule has 11 heteroatoms. The van der Waals surface area contributed by atoms with Gasteiger partial charge in [0.15, 0.2) is 11.5 Å². The van der Waals surface area contributed by atoms with Gasteiger partial charge in [0.25, 0.3) is 11.4 Å². The largest absolute Gasteiger partial charge is 0.493 e. The Labute approximate surface area is 177 Å². The van der Waals surface area contributed by atoms with Crippen molar-refractivity contribution in [3.8, 4) is 17.2 Å². The van der Waals surface area contributed by atoms with Crippen LogP contribution in [0.2, 0.25) is 0 Å². The number of benzene rings is 2. The van der Waals surface area contributed by atoms with Crippen LogP contribution in [0.1, 0.15) is 27.9 Å². The second kappa shape index (κ2) is 10.2. The molecule has 0 heterocycles. The number of nitro benzene ring substituents is 2. The first kappa shape index (κ1) is 23.4. The molecule has 166 valence electrons. The molecule has 0 atom stereocenters. The van der Waals surface area contributed by atoms with E-state index in [9.17, 15) is 25.0 Å². The fourth-order valence-electron chi connectivity index (χ4n) is 2.80. The van der Waals surface area contributed by atoms with Crippen LogP contribution in [-0.2, 0) is 4.74 Å². The van der Waals surface area contributed by atoms with Crippen molar-refractivity contribution in [2.24, 2.45) is 0 Å². The van der Waals surface area contributed by atoms with Gasteiger partial charge in [-0.05, 0) is 31.5 Å². The van der Waals surface area contributed by atoms with Gasteiger partial charge in [-0.1, -0.05) is 0 Å². The molecule has 31 heavy (non-hydrogen) atoms. The van der Waals surface area contributed by atoms with Gasteiger partial charge in [-0.25, -0.2) is 4.79 Å². The number of aryl methyl sites for hydroxylation is 2. The van der Waals surface area contributed by atoms with Crippen LogP contribution in [0.25, 0.3) is 0 Å². The second-order valence-corrected chi connectivity index (χ2v) is 6.48. The Morgan fingerprint density at radius 2 is 1.42 bits per heavy atom. The summed E-state index contributed by atoms with van der Waals surface area (Å²) in [5.74, 6) is 0.0433. The molecule has 0 saturated carbocycles. The molecule has 0 aliphatic carbocycles. The number of carbonyl (C=O) groups excluding carboxylic acids is 1. The highest BCUT2D eigenvalue weighted by atomic mass is 16.6. The summed E-state index contributed by atoms with van der Waals surface area (Å²) in [5, 5.41) is 22.4. The summed E-state index contributed by atoms with van der Waals surface area (Å²) in [7, 11) is 2.58. The fraction of sp³-hybridized carbons (Fsp3) is 0.350. The van der Waals surface area contributed by atoms with Crippen LogP contribution in [0.5, 0.6) is 17.2 Å². The van der Waals surface area contributed by atoms with Gasteiger partial charge >= 0.3 is 5.97 Å². The zero-order valence-electron chi connectivity index (χ0n) is 17.5. The van der Waals surface area contributed by atoms with Gasteiger partial charge < -0.3 is 18.9 Å². The maximum atomic E-state index is 11.7. The molecule has 0 bridgehead atoms. The number of hydrogen-bond donors (Lipinski definition) is 0. The first-order chi connectivity index (χ1) is 14.7. The third-order valence-corrected chi connectivity index (χ3v) is 4.38. The molecule has 0 aromatic heterocycles. The maximum absolute atomic E-state index is 11.7. The molecule has 0 fully saturated rings. The van der Waals surface area contributed by atoms with Crippen molar-refractivity contribution in [2.45, 2.75) is 20.3 Å². The van der Waals surface area contributed by atoms with E-state index in [0.29, 0.717) is 23.3 Å². The second-order valence-electron chi connectivity index (χ2n) is 6.48. The van der Waals surface area contributed by atoms with Crippen LogP contribution in [0.15, 0.2) is 24.3 Å². The quantitative estimate of drug-likeness (QED) is 0.236. The van der Waals surface area contributed by atoms with E-state index in [0.717, 1.165) is 7.11 Å². The molecule has 0 radical (unpaired) electrons. The topological polar surface area (TPSA) is 140 Å². The average Bonchev–Trinajstić information content (AvgIpc) is 2.73. The third-order valence-electron chi connectivity index (χ3n) is 4.38. The number of nitro groups is 2. The smallest absolute Gasteiger partial charge is 0.344 e. The molecule has 0 spiro atoms. The maximum Gasteiger partial charge on any atom is 0.344 e. The highest BCUT2D eigenvalue weighted by Gasteiger charge is 2.23. The molecule has 2 aromatic carbocycles. The van der Waals surface area contributed by atoms with Gasteiger partial charge in [0.05, 0.1) is 49.4 Å². The molecule has 11 nitrogen and oxygen atoms in total. The highest BCUT2D eigenvalue weighted by Crippen LogP contribution is 2.34. The van der Waals surface area contributed by atoms with Crippen LogP contribution < -0.4 is 14.2 Å².